The van der Waals surface area contributed by atoms with Crippen molar-refractivity contribution in [3.05, 3.63) is 46.4 Å². The Balaban J connectivity index is 2.71. The highest BCUT2D eigenvalue weighted by Gasteiger charge is 2.47. The van der Waals surface area contributed by atoms with E-state index in [1.807, 2.05) is 0 Å². The minimum atomic E-state index is -5.69. The maximum Gasteiger partial charge on any atom is 0.501 e. The summed E-state index contributed by atoms with van der Waals surface area (Å²) in [5, 5.41) is -0.466. The summed E-state index contributed by atoms with van der Waals surface area (Å²) in [6.07, 6.45) is -3.60. The number of alkyl halides is 6. The van der Waals surface area contributed by atoms with Crippen molar-refractivity contribution < 1.29 is 34.8 Å². The van der Waals surface area contributed by atoms with E-state index in [1.165, 1.54) is 6.26 Å². The average molecular weight is 418 g/mol. The first-order valence-electron chi connectivity index (χ1n) is 6.46. The number of sulfone groups is 1. The lowest BCUT2D eigenvalue weighted by atomic mass is 10.3. The summed E-state index contributed by atoms with van der Waals surface area (Å²) in [5.41, 5.74) is -8.64. The molecule has 1 aromatic carbocycles. The Hall–Kier alpha value is -2.02. The van der Waals surface area contributed by atoms with Gasteiger partial charge in [0.2, 0.25) is 0 Å². The van der Waals surface area contributed by atoms with E-state index in [1.54, 1.807) is 0 Å². The number of hydrogen-bond acceptors (Lipinski definition) is 5. The standard InChI is InChI=1S/C13H8F6N2O3S2/c1-25-11-20-9(12(14,15)16)6-10(22)21(11)7-3-2-4-8(5-7)26(23,24)13(17,18)19/h2-6H,1H3. The number of rotatable bonds is 3. The van der Waals surface area contributed by atoms with Gasteiger partial charge in [-0.15, -0.1) is 0 Å². The fourth-order valence-electron chi connectivity index (χ4n) is 1.90. The topological polar surface area (TPSA) is 69.0 Å². The Morgan fingerprint density at radius 2 is 1.69 bits per heavy atom. The van der Waals surface area contributed by atoms with Crippen LogP contribution >= 0.6 is 11.8 Å². The molecule has 0 saturated carbocycles. The van der Waals surface area contributed by atoms with E-state index in [0.717, 1.165) is 12.1 Å². The molecular weight excluding hydrogens is 410 g/mol. The van der Waals surface area contributed by atoms with E-state index < -0.39 is 42.8 Å². The molecule has 0 aliphatic carbocycles. The summed E-state index contributed by atoms with van der Waals surface area (Å²) in [4.78, 5) is 14.2. The van der Waals surface area contributed by atoms with Gasteiger partial charge in [-0.2, -0.15) is 26.3 Å². The van der Waals surface area contributed by atoms with Gasteiger partial charge in [0.15, 0.2) is 10.9 Å². The second-order valence-corrected chi connectivity index (χ2v) is 7.46. The lowest BCUT2D eigenvalue weighted by Crippen LogP contribution is -2.26. The predicted octanol–water partition coefficient (Wildman–Crippen LogP) is 3.27. The van der Waals surface area contributed by atoms with Crippen molar-refractivity contribution in [2.24, 2.45) is 0 Å². The van der Waals surface area contributed by atoms with Crippen molar-refractivity contribution in [3.63, 3.8) is 0 Å². The third-order valence-electron chi connectivity index (χ3n) is 3.05. The Morgan fingerprint density at radius 3 is 2.19 bits per heavy atom. The fraction of sp³-hybridized carbons (Fsp3) is 0.231. The van der Waals surface area contributed by atoms with Crippen LogP contribution in [0.1, 0.15) is 5.69 Å². The first-order chi connectivity index (χ1) is 11.8. The zero-order valence-corrected chi connectivity index (χ0v) is 14.2. The summed E-state index contributed by atoms with van der Waals surface area (Å²) in [5.74, 6) is 0. The molecule has 0 saturated heterocycles. The van der Waals surface area contributed by atoms with Gasteiger partial charge in [-0.05, 0) is 24.5 Å². The van der Waals surface area contributed by atoms with Crippen LogP contribution in [-0.2, 0) is 16.0 Å². The molecule has 0 aliphatic rings. The highest BCUT2D eigenvalue weighted by Crippen LogP contribution is 2.32. The molecular formula is C13H8F6N2O3S2. The van der Waals surface area contributed by atoms with Crippen molar-refractivity contribution in [2.45, 2.75) is 21.7 Å². The van der Waals surface area contributed by atoms with Gasteiger partial charge in [-0.25, -0.2) is 13.4 Å². The average Bonchev–Trinajstić information content (AvgIpc) is 2.52. The number of nitrogens with zero attached hydrogens (tertiary/aromatic N) is 2. The fourth-order valence-corrected chi connectivity index (χ4v) is 3.27. The largest absolute Gasteiger partial charge is 0.501 e. The van der Waals surface area contributed by atoms with E-state index >= 15 is 0 Å². The van der Waals surface area contributed by atoms with E-state index in [2.05, 4.69) is 4.98 Å². The second kappa shape index (κ2) is 6.61. The van der Waals surface area contributed by atoms with Crippen LogP contribution in [0.15, 0.2) is 45.2 Å². The van der Waals surface area contributed by atoms with E-state index in [4.69, 9.17) is 0 Å². The Bertz CT molecular complexity index is 996. The molecule has 0 spiro atoms. The molecule has 26 heavy (non-hydrogen) atoms. The molecule has 2 aromatic rings. The van der Waals surface area contributed by atoms with Gasteiger partial charge in [-0.1, -0.05) is 17.8 Å². The zero-order chi connectivity index (χ0) is 19.9. The van der Waals surface area contributed by atoms with Gasteiger partial charge in [-0.3, -0.25) is 9.36 Å². The van der Waals surface area contributed by atoms with Crippen LogP contribution in [0.2, 0.25) is 0 Å². The quantitative estimate of drug-likeness (QED) is 0.435. The maximum atomic E-state index is 12.7. The van der Waals surface area contributed by atoms with Gasteiger partial charge in [0, 0.05) is 6.07 Å². The minimum absolute atomic E-state index is 0.171. The molecule has 0 unspecified atom stereocenters. The molecule has 142 valence electrons. The first-order valence-corrected chi connectivity index (χ1v) is 9.17. The molecule has 0 N–H and O–H groups in total. The third-order valence-corrected chi connectivity index (χ3v) is 5.17. The van der Waals surface area contributed by atoms with Crippen molar-refractivity contribution in [1.82, 2.24) is 9.55 Å². The van der Waals surface area contributed by atoms with Crippen molar-refractivity contribution >= 4 is 21.6 Å². The number of aromatic nitrogens is 2. The maximum absolute atomic E-state index is 12.7. The molecule has 0 radical (unpaired) electrons. The molecule has 0 atom stereocenters. The minimum Gasteiger partial charge on any atom is -0.269 e. The van der Waals surface area contributed by atoms with Crippen molar-refractivity contribution in [1.29, 1.82) is 0 Å². The monoisotopic (exact) mass is 418 g/mol. The molecule has 0 aliphatic heterocycles. The SMILES string of the molecule is CSc1nc(C(F)(F)F)cc(=O)n1-c1cccc(S(=O)(=O)C(F)(F)F)c1. The smallest absolute Gasteiger partial charge is 0.269 e. The molecule has 1 heterocycles. The molecule has 2 rings (SSSR count). The highest BCUT2D eigenvalue weighted by molar-refractivity contribution is 7.98. The Morgan fingerprint density at radius 1 is 1.08 bits per heavy atom. The molecule has 13 heteroatoms. The van der Waals surface area contributed by atoms with Crippen LogP contribution in [0, 0.1) is 0 Å². The van der Waals surface area contributed by atoms with Crippen LogP contribution in [0.4, 0.5) is 26.3 Å². The van der Waals surface area contributed by atoms with Gasteiger partial charge in [0.25, 0.3) is 15.4 Å². The van der Waals surface area contributed by atoms with Crippen LogP contribution in [0.25, 0.3) is 5.69 Å². The summed E-state index contributed by atoms with van der Waals surface area (Å²) in [6.45, 7) is 0. The van der Waals surface area contributed by atoms with Crippen LogP contribution in [-0.4, -0.2) is 29.7 Å². The van der Waals surface area contributed by atoms with Crippen LogP contribution in [0.3, 0.4) is 0 Å². The summed E-state index contributed by atoms with van der Waals surface area (Å²) in [7, 11) is -5.69. The summed E-state index contributed by atoms with van der Waals surface area (Å²) in [6, 6.07) is 3.38. The number of thioether (sulfide) groups is 1. The second-order valence-electron chi connectivity index (χ2n) is 4.75. The molecule has 1 aromatic heterocycles. The van der Waals surface area contributed by atoms with Crippen molar-refractivity contribution in [2.75, 3.05) is 6.26 Å². The molecule has 0 fully saturated rings. The number of halogens is 6. The first kappa shape index (κ1) is 20.3. The number of hydrogen-bond donors (Lipinski definition) is 0. The Kier molecular flexibility index (Phi) is 5.16. The predicted molar refractivity (Wildman–Crippen MR) is 79.9 cm³/mol. The molecule has 0 bridgehead atoms. The van der Waals surface area contributed by atoms with Gasteiger partial charge in [0.05, 0.1) is 10.6 Å². The van der Waals surface area contributed by atoms with Crippen molar-refractivity contribution in [3.8, 4) is 5.69 Å². The van der Waals surface area contributed by atoms with Gasteiger partial charge in [0.1, 0.15) is 0 Å². The van der Waals surface area contributed by atoms with E-state index in [-0.39, 0.29) is 11.8 Å². The van der Waals surface area contributed by atoms with E-state index in [9.17, 15) is 39.6 Å². The summed E-state index contributed by atoms with van der Waals surface area (Å²) < 4.78 is 99.8. The molecule has 0 amide bonds. The lowest BCUT2D eigenvalue weighted by molar-refractivity contribution is -0.141. The third kappa shape index (κ3) is 3.72. The number of benzene rings is 1. The normalized spacial score (nSPS) is 13.0. The zero-order valence-electron chi connectivity index (χ0n) is 12.6. The highest BCUT2D eigenvalue weighted by atomic mass is 32.2. The van der Waals surface area contributed by atoms with Gasteiger partial charge < -0.3 is 0 Å². The van der Waals surface area contributed by atoms with Crippen LogP contribution < -0.4 is 5.56 Å². The Labute approximate surface area is 146 Å². The summed E-state index contributed by atoms with van der Waals surface area (Å²) >= 11 is 0.634. The molecule has 5 nitrogen and oxygen atoms in total. The van der Waals surface area contributed by atoms with Crippen LogP contribution in [0.5, 0.6) is 0 Å². The van der Waals surface area contributed by atoms with Gasteiger partial charge >= 0.3 is 11.7 Å². The van der Waals surface area contributed by atoms with E-state index in [0.29, 0.717) is 28.5 Å². The lowest BCUT2D eigenvalue weighted by Gasteiger charge is -2.14.